The molecule has 4 rings (SSSR count). The molecule has 2 saturated heterocycles. The second-order valence-corrected chi connectivity index (χ2v) is 7.84. The molecule has 2 aliphatic heterocycles. The predicted octanol–water partition coefficient (Wildman–Crippen LogP) is 2.62. The average Bonchev–Trinajstić information content (AvgIpc) is 3.26. The summed E-state index contributed by atoms with van der Waals surface area (Å²) in [7, 11) is 0. The zero-order valence-corrected chi connectivity index (χ0v) is 17.0. The van der Waals surface area contributed by atoms with E-state index in [0.29, 0.717) is 30.8 Å². The Morgan fingerprint density at radius 1 is 1.10 bits per heavy atom. The SMILES string of the molecule is CCc1[nH]c(=O)ccc1C(=O)N1CCO[C@@H](CN2CCCC2)[C@@H]1c1ccccc1. The van der Waals surface area contributed by atoms with E-state index in [1.807, 2.05) is 30.0 Å². The van der Waals surface area contributed by atoms with Gasteiger partial charge in [0.15, 0.2) is 0 Å². The van der Waals surface area contributed by atoms with Crippen LogP contribution in [0.5, 0.6) is 0 Å². The van der Waals surface area contributed by atoms with Crippen LogP contribution >= 0.6 is 0 Å². The number of aryl methyl sites for hydroxylation is 1. The van der Waals surface area contributed by atoms with Gasteiger partial charge in [-0.1, -0.05) is 37.3 Å². The smallest absolute Gasteiger partial charge is 0.256 e. The number of carbonyl (C=O) groups excluding carboxylic acids is 1. The Hall–Kier alpha value is -2.44. The molecular formula is C23H29N3O3. The lowest BCUT2D eigenvalue weighted by Gasteiger charge is -2.43. The van der Waals surface area contributed by atoms with E-state index in [0.717, 1.165) is 25.2 Å². The molecular weight excluding hydrogens is 366 g/mol. The van der Waals surface area contributed by atoms with Gasteiger partial charge in [-0.05, 0) is 44.0 Å². The van der Waals surface area contributed by atoms with Crippen LogP contribution in [0.4, 0.5) is 0 Å². The molecule has 0 radical (unpaired) electrons. The first kappa shape index (κ1) is 19.9. The molecule has 0 bridgehead atoms. The van der Waals surface area contributed by atoms with Crippen LogP contribution in [0, 0.1) is 0 Å². The van der Waals surface area contributed by atoms with Crippen LogP contribution in [0.1, 0.15) is 47.4 Å². The van der Waals surface area contributed by atoms with Gasteiger partial charge in [0.2, 0.25) is 5.56 Å². The largest absolute Gasteiger partial charge is 0.373 e. The first-order chi connectivity index (χ1) is 14.2. The van der Waals surface area contributed by atoms with E-state index in [-0.39, 0.29) is 23.6 Å². The lowest BCUT2D eigenvalue weighted by atomic mass is 9.96. The van der Waals surface area contributed by atoms with E-state index in [9.17, 15) is 9.59 Å². The van der Waals surface area contributed by atoms with Crippen molar-refractivity contribution >= 4 is 5.91 Å². The van der Waals surface area contributed by atoms with Crippen LogP contribution in [0.15, 0.2) is 47.3 Å². The van der Waals surface area contributed by atoms with Crippen LogP contribution in [0.3, 0.4) is 0 Å². The molecule has 6 nitrogen and oxygen atoms in total. The van der Waals surface area contributed by atoms with E-state index in [4.69, 9.17) is 4.74 Å². The molecule has 29 heavy (non-hydrogen) atoms. The number of ether oxygens (including phenoxy) is 1. The molecule has 0 spiro atoms. The molecule has 0 unspecified atom stereocenters. The third kappa shape index (κ3) is 4.28. The number of aromatic nitrogens is 1. The molecule has 0 saturated carbocycles. The number of carbonyl (C=O) groups is 1. The lowest BCUT2D eigenvalue weighted by Crippen LogP contribution is -2.51. The fraction of sp³-hybridized carbons (Fsp3) is 0.478. The van der Waals surface area contributed by atoms with E-state index in [1.165, 1.54) is 18.9 Å². The molecule has 154 valence electrons. The summed E-state index contributed by atoms with van der Waals surface area (Å²) in [6, 6.07) is 13.1. The molecule has 6 heteroatoms. The summed E-state index contributed by atoms with van der Waals surface area (Å²) in [4.78, 5) is 32.5. The van der Waals surface area contributed by atoms with Gasteiger partial charge >= 0.3 is 0 Å². The van der Waals surface area contributed by atoms with Crippen molar-refractivity contribution in [2.45, 2.75) is 38.3 Å². The maximum absolute atomic E-state index is 13.6. The highest BCUT2D eigenvalue weighted by atomic mass is 16.5. The summed E-state index contributed by atoms with van der Waals surface area (Å²) in [5.41, 5.74) is 2.19. The molecule has 1 amide bonds. The fourth-order valence-electron chi connectivity index (χ4n) is 4.53. The maximum Gasteiger partial charge on any atom is 0.256 e. The summed E-state index contributed by atoms with van der Waals surface area (Å²) >= 11 is 0. The van der Waals surface area contributed by atoms with E-state index in [1.54, 1.807) is 6.07 Å². The molecule has 2 atom stereocenters. The highest BCUT2D eigenvalue weighted by molar-refractivity contribution is 5.95. The first-order valence-corrected chi connectivity index (χ1v) is 10.6. The van der Waals surface area contributed by atoms with E-state index < -0.39 is 0 Å². The van der Waals surface area contributed by atoms with Crippen molar-refractivity contribution in [2.24, 2.45) is 0 Å². The number of nitrogens with zero attached hydrogens (tertiary/aromatic N) is 2. The number of hydrogen-bond donors (Lipinski definition) is 1. The molecule has 0 aliphatic carbocycles. The van der Waals surface area contributed by atoms with Gasteiger partial charge in [-0.2, -0.15) is 0 Å². The van der Waals surface area contributed by atoms with Crippen molar-refractivity contribution in [3.05, 3.63) is 69.6 Å². The molecule has 1 aromatic carbocycles. The summed E-state index contributed by atoms with van der Waals surface area (Å²) in [5, 5.41) is 0. The number of H-pyrrole nitrogens is 1. The van der Waals surface area contributed by atoms with Crippen molar-refractivity contribution in [3.63, 3.8) is 0 Å². The molecule has 1 aromatic heterocycles. The quantitative estimate of drug-likeness (QED) is 0.845. The number of likely N-dealkylation sites (tertiary alicyclic amines) is 1. The molecule has 2 aromatic rings. The van der Waals surface area contributed by atoms with Gasteiger partial charge in [0.1, 0.15) is 0 Å². The summed E-state index contributed by atoms with van der Waals surface area (Å²) in [5.74, 6) is -0.0401. The third-order valence-corrected chi connectivity index (χ3v) is 5.98. The van der Waals surface area contributed by atoms with Crippen molar-refractivity contribution in [1.29, 1.82) is 0 Å². The van der Waals surface area contributed by atoms with Crippen LogP contribution in [0.2, 0.25) is 0 Å². The Labute approximate surface area is 171 Å². The number of nitrogens with one attached hydrogen (secondary N) is 1. The standard InChI is InChI=1S/C23H29N3O3/c1-2-19-18(10-11-21(27)24-19)23(28)26-14-15-29-20(16-25-12-6-7-13-25)22(26)17-8-4-3-5-9-17/h3-5,8-11,20,22H,2,6-7,12-16H2,1H3,(H,24,27)/t20-,22-/m0/s1. The van der Waals surface area contributed by atoms with Gasteiger partial charge in [0, 0.05) is 24.8 Å². The Morgan fingerprint density at radius 2 is 1.86 bits per heavy atom. The number of benzene rings is 1. The fourth-order valence-corrected chi connectivity index (χ4v) is 4.53. The first-order valence-electron chi connectivity index (χ1n) is 10.6. The second-order valence-electron chi connectivity index (χ2n) is 7.84. The van der Waals surface area contributed by atoms with Gasteiger partial charge in [-0.15, -0.1) is 0 Å². The minimum atomic E-state index is -0.174. The lowest BCUT2D eigenvalue weighted by molar-refractivity contribution is -0.0707. The third-order valence-electron chi connectivity index (χ3n) is 5.98. The zero-order chi connectivity index (χ0) is 20.2. The summed E-state index contributed by atoms with van der Waals surface area (Å²) in [6.45, 7) is 6.03. The number of aromatic amines is 1. The van der Waals surface area contributed by atoms with Gasteiger partial charge in [0.25, 0.3) is 5.91 Å². The highest BCUT2D eigenvalue weighted by Crippen LogP contribution is 2.32. The highest BCUT2D eigenvalue weighted by Gasteiger charge is 2.38. The Morgan fingerprint density at radius 3 is 2.59 bits per heavy atom. The minimum absolute atomic E-state index is 0.0401. The summed E-state index contributed by atoms with van der Waals surface area (Å²) in [6.07, 6.45) is 2.99. The Balaban J connectivity index is 1.68. The van der Waals surface area contributed by atoms with Crippen molar-refractivity contribution in [3.8, 4) is 0 Å². The second kappa shape index (κ2) is 8.93. The molecule has 2 aliphatic rings. The summed E-state index contributed by atoms with van der Waals surface area (Å²) < 4.78 is 6.21. The number of pyridine rings is 1. The van der Waals surface area contributed by atoms with Gasteiger partial charge in [0.05, 0.1) is 24.3 Å². The molecule has 3 heterocycles. The van der Waals surface area contributed by atoms with Gasteiger partial charge < -0.3 is 19.5 Å². The van der Waals surface area contributed by atoms with E-state index in [2.05, 4.69) is 22.0 Å². The minimum Gasteiger partial charge on any atom is -0.373 e. The van der Waals surface area contributed by atoms with Gasteiger partial charge in [-0.25, -0.2) is 0 Å². The van der Waals surface area contributed by atoms with Crippen molar-refractivity contribution in [2.75, 3.05) is 32.8 Å². The van der Waals surface area contributed by atoms with Crippen LogP contribution < -0.4 is 5.56 Å². The van der Waals surface area contributed by atoms with Crippen molar-refractivity contribution in [1.82, 2.24) is 14.8 Å². The number of morpholine rings is 1. The zero-order valence-electron chi connectivity index (χ0n) is 17.0. The van der Waals surface area contributed by atoms with Gasteiger partial charge in [-0.3, -0.25) is 9.59 Å². The Kier molecular flexibility index (Phi) is 6.11. The van der Waals surface area contributed by atoms with Crippen LogP contribution in [0.25, 0.3) is 0 Å². The topological polar surface area (TPSA) is 65.6 Å². The number of rotatable bonds is 5. The average molecular weight is 396 g/mol. The normalized spacial score (nSPS) is 22.7. The monoisotopic (exact) mass is 395 g/mol. The van der Waals surface area contributed by atoms with Crippen LogP contribution in [-0.4, -0.2) is 59.6 Å². The van der Waals surface area contributed by atoms with Crippen LogP contribution in [-0.2, 0) is 11.2 Å². The number of hydrogen-bond acceptors (Lipinski definition) is 4. The molecule has 1 N–H and O–H groups in total. The predicted molar refractivity (Wildman–Crippen MR) is 112 cm³/mol. The molecule has 2 fully saturated rings. The Bertz CT molecular complexity index is 890. The van der Waals surface area contributed by atoms with E-state index >= 15 is 0 Å². The number of amides is 1. The maximum atomic E-state index is 13.6. The van der Waals surface area contributed by atoms with Crippen molar-refractivity contribution < 1.29 is 9.53 Å².